The zero-order valence-electron chi connectivity index (χ0n) is 50.9. The topological polar surface area (TPSA) is 114 Å². The Morgan fingerprint density at radius 2 is 0.805 bits per heavy atom. The maximum Gasteiger partial charge on any atom is 0.410 e. The number of ether oxygens (including phenoxy) is 1. The van der Waals surface area contributed by atoms with Crippen molar-refractivity contribution in [1.82, 2.24) is 15.5 Å². The molecule has 5 aliphatic rings. The average molecular weight is 1290 g/mol. The number of benzene rings is 4. The lowest BCUT2D eigenvalue weighted by Crippen LogP contribution is -2.60. The highest BCUT2D eigenvalue weighted by Crippen LogP contribution is 2.51. The Morgan fingerprint density at radius 3 is 1.15 bits per heavy atom. The quantitative estimate of drug-likeness (QED) is 0.0754. The Hall–Kier alpha value is -1.30. The van der Waals surface area contributed by atoms with Crippen molar-refractivity contribution < 1.29 is 24.9 Å². The fourth-order valence-electron chi connectivity index (χ4n) is 14.2. The van der Waals surface area contributed by atoms with Crippen LogP contribution in [0.1, 0.15) is 143 Å². The molecular formula is C65H113N3O5S6Si3. The molecule has 9 rings (SSSR count). The van der Waals surface area contributed by atoms with E-state index in [1.54, 1.807) is 4.90 Å². The number of hydrogen-bond donors (Lipinski definition) is 5. The smallest absolute Gasteiger partial charge is 0.410 e. The number of hydrogen-bond acceptors (Lipinski definition) is 7. The van der Waals surface area contributed by atoms with Gasteiger partial charge in [-0.2, -0.15) is 81.0 Å². The Morgan fingerprint density at radius 1 is 0.476 bits per heavy atom. The second kappa shape index (κ2) is 38.9. The molecule has 8 nitrogen and oxygen atoms in total. The van der Waals surface area contributed by atoms with Gasteiger partial charge < -0.3 is 35.6 Å². The molecule has 3 saturated heterocycles. The highest BCUT2D eigenvalue weighted by Gasteiger charge is 2.46. The lowest BCUT2D eigenvalue weighted by molar-refractivity contribution is -0.0126. The van der Waals surface area contributed by atoms with Gasteiger partial charge in [0, 0.05) is 18.6 Å². The summed E-state index contributed by atoms with van der Waals surface area (Å²) in [5.41, 5.74) is 1.46. The van der Waals surface area contributed by atoms with Gasteiger partial charge in [0.1, 0.15) is 21.7 Å². The first-order valence-corrected chi connectivity index (χ1v) is 38.6. The van der Waals surface area contributed by atoms with Crippen LogP contribution >= 0.6 is 81.0 Å². The molecule has 82 heavy (non-hydrogen) atoms. The summed E-state index contributed by atoms with van der Waals surface area (Å²) >= 11 is 0. The van der Waals surface area contributed by atoms with Crippen molar-refractivity contribution in [1.29, 1.82) is 0 Å². The minimum absolute atomic E-state index is 0. The Kier molecular flexibility index (Phi) is 37.3. The van der Waals surface area contributed by atoms with Crippen LogP contribution < -0.4 is 31.4 Å². The Bertz CT molecular complexity index is 2180. The third kappa shape index (κ3) is 22.4. The SMILES string of the molecule is CC(C)(C)OC(=O)N1CCCC[C@H]1[C@H](O)C[Si](C)(c1ccccc1)c1ccccc1.C[Si](C[C@@H](O)[C@@H]1CCCCN1)(C1CCCCC1)C1CCCCC1.C[Si](C[C@@H](O)[C@@H]1CCCCN1)(c1ccccc1)c1ccccc1.S.S.S.S.S.S. The molecule has 1 amide bonds. The van der Waals surface area contributed by atoms with Gasteiger partial charge >= 0.3 is 6.09 Å². The maximum atomic E-state index is 12.8. The first-order chi connectivity index (χ1) is 36.6. The minimum atomic E-state index is -2.19. The molecule has 0 bridgehead atoms. The van der Waals surface area contributed by atoms with Crippen molar-refractivity contribution in [2.75, 3.05) is 19.6 Å². The van der Waals surface area contributed by atoms with Gasteiger partial charge in [0.2, 0.25) is 0 Å². The molecule has 2 aliphatic carbocycles. The number of rotatable bonds is 15. The van der Waals surface area contributed by atoms with Crippen molar-refractivity contribution in [3.63, 3.8) is 0 Å². The molecule has 3 heterocycles. The molecule has 0 spiro atoms. The van der Waals surface area contributed by atoms with Crippen molar-refractivity contribution in [3.05, 3.63) is 121 Å². The lowest BCUT2D eigenvalue weighted by atomic mass is 9.98. The highest BCUT2D eigenvalue weighted by atomic mass is 32.1. The summed E-state index contributed by atoms with van der Waals surface area (Å²) in [5.74, 6) is 0. The molecule has 4 aromatic carbocycles. The molecule has 0 aromatic heterocycles. The second-order valence-electron chi connectivity index (χ2n) is 25.5. The molecule has 5 fully saturated rings. The second-order valence-corrected chi connectivity index (χ2v) is 39.0. The number of nitrogens with one attached hydrogen (secondary N) is 2. The summed E-state index contributed by atoms with van der Waals surface area (Å²) in [6.07, 6.45) is 23.5. The number of piperidine rings is 3. The summed E-state index contributed by atoms with van der Waals surface area (Å²) in [7, 11) is -5.51. The van der Waals surface area contributed by atoms with Crippen molar-refractivity contribution in [2.45, 2.75) is 234 Å². The van der Waals surface area contributed by atoms with Crippen molar-refractivity contribution in [3.8, 4) is 0 Å². The molecule has 5 N–H and O–H groups in total. The summed E-state index contributed by atoms with van der Waals surface area (Å²) < 4.78 is 5.64. The van der Waals surface area contributed by atoms with E-state index in [4.69, 9.17) is 4.74 Å². The molecule has 6 atom stereocenters. The number of carbonyl (C=O) groups is 1. The van der Waals surface area contributed by atoms with Gasteiger partial charge in [-0.1, -0.05) is 239 Å². The summed E-state index contributed by atoms with van der Waals surface area (Å²) in [4.78, 5) is 14.6. The first-order valence-electron chi connectivity index (χ1n) is 30.3. The molecule has 466 valence electrons. The van der Waals surface area contributed by atoms with Crippen LogP contribution in [0.4, 0.5) is 4.79 Å². The van der Waals surface area contributed by atoms with E-state index in [0.29, 0.717) is 18.6 Å². The zero-order chi connectivity index (χ0) is 54.0. The number of amides is 1. The van der Waals surface area contributed by atoms with Crippen LogP contribution in [-0.4, -0.2) is 112 Å². The van der Waals surface area contributed by atoms with Crippen LogP contribution in [0.5, 0.6) is 0 Å². The van der Waals surface area contributed by atoms with Gasteiger partial charge in [-0.15, -0.1) is 0 Å². The van der Waals surface area contributed by atoms with Crippen molar-refractivity contribution in [2.24, 2.45) is 0 Å². The van der Waals surface area contributed by atoms with E-state index in [1.807, 2.05) is 32.9 Å². The molecule has 0 radical (unpaired) electrons. The van der Waals surface area contributed by atoms with Gasteiger partial charge in [0.25, 0.3) is 0 Å². The molecule has 3 aliphatic heterocycles. The maximum absolute atomic E-state index is 12.8. The highest BCUT2D eigenvalue weighted by molar-refractivity contribution is 7.60. The summed E-state index contributed by atoms with van der Waals surface area (Å²) in [6, 6.07) is 45.8. The normalized spacial score (nSPS) is 21.0. The zero-order valence-corrected chi connectivity index (χ0v) is 59.9. The molecule has 2 saturated carbocycles. The number of nitrogens with zero attached hydrogens (tertiary/aromatic N) is 1. The third-order valence-electron chi connectivity index (χ3n) is 18.9. The fourth-order valence-corrected chi connectivity index (χ4v) is 27.8. The van der Waals surface area contributed by atoms with E-state index in [1.165, 1.54) is 123 Å². The van der Waals surface area contributed by atoms with Crippen LogP contribution in [0.15, 0.2) is 121 Å². The predicted octanol–water partition coefficient (Wildman–Crippen LogP) is 12.3. The number of aliphatic hydroxyl groups excluding tert-OH is 3. The molecule has 0 unspecified atom stereocenters. The standard InChI is InChI=1S/C25H35NO3Si.C20H39NOSi.C20H27NOSi.6H2S/c1-25(2,3)29-24(28)26-18-12-11-17-22(26)23(27)19-30(4,20-13-7-5-8-14-20)21-15-9-6-10-16-21;2*1-23(17-10-4-2-5-11-17,18-12-6-3-7-13-18)16-20(22)19-14-8-9-15-21-19;;;;;;/h5-10,13-16,22-23,27H,11-12,17-19H2,1-4H3;17-22H,2-16H2,1H3;2-7,10-13,19-22H,8-9,14-16H2,1H3;6*1H2/t22-,23+;2*19-,20+;;;;;;/m000....../s1. The summed E-state index contributed by atoms with van der Waals surface area (Å²) in [5, 5.41) is 45.9. The largest absolute Gasteiger partial charge is 0.444 e. The average Bonchev–Trinajstić information content (AvgIpc) is 3.60. The van der Waals surface area contributed by atoms with E-state index in [9.17, 15) is 20.1 Å². The fraction of sp³-hybridized carbons (Fsp3) is 0.615. The van der Waals surface area contributed by atoms with E-state index in [0.717, 1.165) is 55.9 Å². The van der Waals surface area contributed by atoms with Crippen LogP contribution in [0.3, 0.4) is 0 Å². The number of aliphatic hydroxyl groups is 3. The van der Waals surface area contributed by atoms with E-state index in [-0.39, 0.29) is 111 Å². The Balaban J connectivity index is 0.000000600. The first kappa shape index (κ1) is 78.7. The molecule has 4 aromatic rings. The molecular weight excluding hydrogens is 1180 g/mol. The van der Waals surface area contributed by atoms with Crippen LogP contribution in [0.2, 0.25) is 48.9 Å². The van der Waals surface area contributed by atoms with E-state index < -0.39 is 35.9 Å². The van der Waals surface area contributed by atoms with E-state index in [2.05, 4.69) is 139 Å². The predicted molar refractivity (Wildman–Crippen MR) is 389 cm³/mol. The van der Waals surface area contributed by atoms with E-state index >= 15 is 0 Å². The Labute approximate surface area is 542 Å². The summed E-state index contributed by atoms with van der Waals surface area (Å²) in [6.45, 7) is 15.9. The van der Waals surface area contributed by atoms with Crippen molar-refractivity contribution >= 4 is 132 Å². The van der Waals surface area contributed by atoms with Crippen LogP contribution in [-0.2, 0) is 4.74 Å². The third-order valence-corrected chi connectivity index (χ3v) is 33.9. The lowest BCUT2D eigenvalue weighted by Gasteiger charge is -2.47. The number of carbonyl (C=O) groups excluding carboxylic acids is 1. The van der Waals surface area contributed by atoms with Gasteiger partial charge in [0.05, 0.1) is 32.4 Å². The van der Waals surface area contributed by atoms with Crippen LogP contribution in [0.25, 0.3) is 0 Å². The number of likely N-dealkylation sites (tertiary alicyclic amines) is 1. The van der Waals surface area contributed by atoms with Gasteiger partial charge in [0.15, 0.2) is 0 Å². The molecule has 17 heteroatoms. The monoisotopic (exact) mass is 1290 g/mol. The minimum Gasteiger partial charge on any atom is -0.444 e. The van der Waals surface area contributed by atoms with Gasteiger partial charge in [-0.3, -0.25) is 0 Å². The van der Waals surface area contributed by atoms with Gasteiger partial charge in [-0.05, 0) is 108 Å². The van der Waals surface area contributed by atoms with Crippen LogP contribution in [0, 0.1) is 0 Å². The van der Waals surface area contributed by atoms with Gasteiger partial charge in [-0.25, -0.2) is 4.79 Å².